The van der Waals surface area contributed by atoms with E-state index in [4.69, 9.17) is 5.73 Å². The van der Waals surface area contributed by atoms with Gasteiger partial charge in [-0.25, -0.2) is 0 Å². The fourth-order valence-corrected chi connectivity index (χ4v) is 4.26. The fraction of sp³-hybridized carbons (Fsp3) is 0.600. The molecule has 2 aromatic heterocycles. The second-order valence-electron chi connectivity index (χ2n) is 5.90. The first-order chi connectivity index (χ1) is 10.1. The molecule has 7 heteroatoms. The molecule has 0 aromatic carbocycles. The van der Waals surface area contributed by atoms with Gasteiger partial charge >= 0.3 is 0 Å². The minimum Gasteiger partial charge on any atom is -0.348 e. The van der Waals surface area contributed by atoms with Gasteiger partial charge in [0.1, 0.15) is 4.83 Å². The number of nitrogens with zero attached hydrogens (tertiary/aromatic N) is 2. The lowest BCUT2D eigenvalue weighted by atomic mass is 9.84. The summed E-state index contributed by atoms with van der Waals surface area (Å²) in [6, 6.07) is 2.18. The zero-order valence-electron chi connectivity index (χ0n) is 13.0. The number of thiophene rings is 1. The Morgan fingerprint density at radius 1 is 1.50 bits per heavy atom. The molecular weight excluding hydrogens is 320 g/mol. The average molecular weight is 343 g/mol. The molecule has 5 nitrogen and oxygen atoms in total. The van der Waals surface area contributed by atoms with E-state index >= 15 is 0 Å². The lowest BCUT2D eigenvalue weighted by Gasteiger charge is -2.31. The van der Waals surface area contributed by atoms with Crippen molar-refractivity contribution in [1.82, 2.24) is 15.1 Å². The first kappa shape index (κ1) is 17.2. The molecule has 3 N–H and O–H groups in total. The predicted octanol–water partition coefficient (Wildman–Crippen LogP) is 2.61. The summed E-state index contributed by atoms with van der Waals surface area (Å²) in [5.74, 6) is 0.446. The summed E-state index contributed by atoms with van der Waals surface area (Å²) in [7, 11) is 1.92. The van der Waals surface area contributed by atoms with Crippen molar-refractivity contribution >= 4 is 39.9 Å². The van der Waals surface area contributed by atoms with Crippen LogP contribution in [0.3, 0.4) is 0 Å². The second kappa shape index (κ2) is 6.98. The maximum Gasteiger partial charge on any atom is 0.261 e. The summed E-state index contributed by atoms with van der Waals surface area (Å²) in [6.45, 7) is 2.63. The van der Waals surface area contributed by atoms with Gasteiger partial charge in [-0.05, 0) is 38.3 Å². The highest BCUT2D eigenvalue weighted by Gasteiger charge is 2.26. The van der Waals surface area contributed by atoms with Crippen LogP contribution in [0.25, 0.3) is 10.2 Å². The van der Waals surface area contributed by atoms with Crippen molar-refractivity contribution in [2.24, 2.45) is 18.7 Å². The highest BCUT2D eigenvalue weighted by Crippen LogP contribution is 2.29. The number of rotatable bonds is 3. The van der Waals surface area contributed by atoms with E-state index in [0.717, 1.165) is 33.6 Å². The van der Waals surface area contributed by atoms with Crippen molar-refractivity contribution in [2.45, 2.75) is 38.6 Å². The normalized spacial score (nSPS) is 21.6. The van der Waals surface area contributed by atoms with Gasteiger partial charge in [0.15, 0.2) is 0 Å². The quantitative estimate of drug-likeness (QED) is 0.900. The summed E-state index contributed by atoms with van der Waals surface area (Å²) in [5.41, 5.74) is 6.80. The van der Waals surface area contributed by atoms with Crippen LogP contribution in [0.2, 0.25) is 0 Å². The molecule has 2 aromatic rings. The maximum absolute atomic E-state index is 12.5. The van der Waals surface area contributed by atoms with Gasteiger partial charge in [0.05, 0.1) is 10.6 Å². The largest absolute Gasteiger partial charge is 0.348 e. The zero-order valence-corrected chi connectivity index (χ0v) is 14.6. The molecule has 0 saturated heterocycles. The Kier molecular flexibility index (Phi) is 5.47. The molecule has 22 heavy (non-hydrogen) atoms. The van der Waals surface area contributed by atoms with Crippen LogP contribution in [0.5, 0.6) is 0 Å². The molecule has 2 unspecified atom stereocenters. The maximum atomic E-state index is 12.5. The molecule has 1 aliphatic carbocycles. The van der Waals surface area contributed by atoms with Gasteiger partial charge in [-0.15, -0.1) is 23.7 Å². The number of fused-ring (bicyclic) bond motifs is 1. The Labute approximate surface area is 140 Å². The van der Waals surface area contributed by atoms with Crippen LogP contribution < -0.4 is 11.1 Å². The van der Waals surface area contributed by atoms with Crippen molar-refractivity contribution in [2.75, 3.05) is 6.54 Å². The molecule has 1 aliphatic rings. The molecule has 0 bridgehead atoms. The standard InChI is InChI=1S/C15H22N4OS.ClH/c1-9-11-7-13(21-15(11)19(2)18-9)14(20)17-12-6-4-3-5-10(12)8-16;/h7,10,12H,3-6,8,16H2,1-2H3,(H,17,20);1H. The third-order valence-electron chi connectivity index (χ3n) is 4.45. The van der Waals surface area contributed by atoms with Crippen LogP contribution in [0.1, 0.15) is 41.0 Å². The molecule has 2 atom stereocenters. The molecule has 1 fully saturated rings. The summed E-state index contributed by atoms with van der Waals surface area (Å²) in [6.07, 6.45) is 4.56. The average Bonchev–Trinajstić information content (AvgIpc) is 3.02. The lowest BCUT2D eigenvalue weighted by molar-refractivity contribution is 0.0912. The summed E-state index contributed by atoms with van der Waals surface area (Å²) >= 11 is 1.51. The van der Waals surface area contributed by atoms with Gasteiger partial charge < -0.3 is 11.1 Å². The van der Waals surface area contributed by atoms with E-state index in [0.29, 0.717) is 12.5 Å². The van der Waals surface area contributed by atoms with E-state index in [1.165, 1.54) is 24.2 Å². The van der Waals surface area contributed by atoms with Crippen molar-refractivity contribution in [3.8, 4) is 0 Å². The molecule has 1 amide bonds. The fourth-order valence-electron chi connectivity index (χ4n) is 3.24. The van der Waals surface area contributed by atoms with E-state index in [-0.39, 0.29) is 24.4 Å². The molecule has 2 heterocycles. The molecule has 0 spiro atoms. The van der Waals surface area contributed by atoms with E-state index in [9.17, 15) is 4.79 Å². The first-order valence-corrected chi connectivity index (χ1v) is 8.36. The van der Waals surface area contributed by atoms with Gasteiger partial charge in [0.25, 0.3) is 5.91 Å². The Morgan fingerprint density at radius 3 is 2.91 bits per heavy atom. The van der Waals surface area contributed by atoms with E-state index < -0.39 is 0 Å². The minimum absolute atomic E-state index is 0. The number of nitrogens with one attached hydrogen (secondary N) is 1. The molecule has 0 radical (unpaired) electrons. The van der Waals surface area contributed by atoms with Crippen LogP contribution in [0.15, 0.2) is 6.07 Å². The van der Waals surface area contributed by atoms with E-state index in [1.54, 1.807) is 0 Å². The third kappa shape index (κ3) is 3.14. The highest BCUT2D eigenvalue weighted by molar-refractivity contribution is 7.20. The number of halogens is 1. The zero-order chi connectivity index (χ0) is 15.0. The number of aryl methyl sites for hydroxylation is 2. The number of nitrogens with two attached hydrogens (primary N) is 1. The Hall–Kier alpha value is -1.11. The highest BCUT2D eigenvalue weighted by atomic mass is 35.5. The van der Waals surface area contributed by atoms with Gasteiger partial charge in [0, 0.05) is 18.5 Å². The minimum atomic E-state index is 0. The van der Waals surface area contributed by atoms with Crippen LogP contribution >= 0.6 is 23.7 Å². The molecule has 122 valence electrons. The van der Waals surface area contributed by atoms with Crippen LogP contribution in [-0.4, -0.2) is 28.3 Å². The number of hydrogen-bond donors (Lipinski definition) is 2. The number of carbonyl (C=O) groups excluding carboxylic acids is 1. The van der Waals surface area contributed by atoms with Crippen LogP contribution in [0, 0.1) is 12.8 Å². The SMILES string of the molecule is Cc1nn(C)c2sc(C(=O)NC3CCCCC3CN)cc12.Cl. The monoisotopic (exact) mass is 342 g/mol. The number of aromatic nitrogens is 2. The van der Waals surface area contributed by atoms with Gasteiger partial charge in [-0.2, -0.15) is 5.10 Å². The van der Waals surface area contributed by atoms with Crippen molar-refractivity contribution in [1.29, 1.82) is 0 Å². The smallest absolute Gasteiger partial charge is 0.261 e. The summed E-state index contributed by atoms with van der Waals surface area (Å²) in [4.78, 5) is 14.3. The number of carbonyl (C=O) groups is 1. The molecular formula is C15H23ClN4OS. The van der Waals surface area contributed by atoms with Gasteiger partial charge in [-0.1, -0.05) is 12.8 Å². The first-order valence-electron chi connectivity index (χ1n) is 7.54. The summed E-state index contributed by atoms with van der Waals surface area (Å²) < 4.78 is 1.84. The van der Waals surface area contributed by atoms with Crippen LogP contribution in [-0.2, 0) is 7.05 Å². The lowest BCUT2D eigenvalue weighted by Crippen LogP contribution is -2.44. The Bertz CT molecular complexity index is 631. The molecule has 0 aliphatic heterocycles. The number of hydrogen-bond acceptors (Lipinski definition) is 4. The molecule has 1 saturated carbocycles. The van der Waals surface area contributed by atoms with E-state index in [1.807, 2.05) is 24.7 Å². The Balaban J connectivity index is 0.00000176. The molecule has 3 rings (SSSR count). The second-order valence-corrected chi connectivity index (χ2v) is 6.93. The van der Waals surface area contributed by atoms with Crippen LogP contribution in [0.4, 0.5) is 0 Å². The third-order valence-corrected chi connectivity index (χ3v) is 5.65. The topological polar surface area (TPSA) is 72.9 Å². The Morgan fingerprint density at radius 2 is 2.23 bits per heavy atom. The van der Waals surface area contributed by atoms with Gasteiger partial charge in [0.2, 0.25) is 0 Å². The van der Waals surface area contributed by atoms with Crippen molar-refractivity contribution < 1.29 is 4.79 Å². The van der Waals surface area contributed by atoms with Gasteiger partial charge in [-0.3, -0.25) is 9.48 Å². The predicted molar refractivity (Wildman–Crippen MR) is 92.8 cm³/mol. The van der Waals surface area contributed by atoms with E-state index in [2.05, 4.69) is 10.4 Å². The summed E-state index contributed by atoms with van der Waals surface area (Å²) in [5, 5.41) is 8.63. The van der Waals surface area contributed by atoms with Crippen molar-refractivity contribution in [3.05, 3.63) is 16.6 Å². The van der Waals surface area contributed by atoms with Crippen molar-refractivity contribution in [3.63, 3.8) is 0 Å². The number of amides is 1.